The standard InChI is InChI=1S/C19H19Br2F3N6O2/c1-8-10(9(2)29(3)27-8)7-25-18(31)16-15(21)17-26-11(12-4-5-14(20)32-12)6-13(19(22,23)24)30(17)28-16/h4-5,11,13,26H,6-7H2,1-3H3,(H,25,31)/t11-,13-/m1/s1. The summed E-state index contributed by atoms with van der Waals surface area (Å²) in [7, 11) is 1.80. The maximum atomic E-state index is 13.9. The van der Waals surface area contributed by atoms with Gasteiger partial charge in [0.25, 0.3) is 5.91 Å². The third kappa shape index (κ3) is 4.07. The lowest BCUT2D eigenvalue weighted by atomic mass is 10.0. The van der Waals surface area contributed by atoms with E-state index in [-0.39, 0.29) is 29.0 Å². The van der Waals surface area contributed by atoms with Crippen LogP contribution in [0.5, 0.6) is 0 Å². The fourth-order valence-corrected chi connectivity index (χ4v) is 4.64. The zero-order chi connectivity index (χ0) is 23.4. The zero-order valence-electron chi connectivity index (χ0n) is 17.2. The van der Waals surface area contributed by atoms with Crippen molar-refractivity contribution in [3.05, 3.63) is 49.7 Å². The normalized spacial score (nSPS) is 18.4. The first-order chi connectivity index (χ1) is 15.0. The molecular formula is C19H19Br2F3N6O2. The van der Waals surface area contributed by atoms with Gasteiger partial charge in [0.2, 0.25) is 0 Å². The number of nitrogens with one attached hydrogen (secondary N) is 2. The predicted octanol–water partition coefficient (Wildman–Crippen LogP) is 4.94. The van der Waals surface area contributed by atoms with Crippen molar-refractivity contribution in [3.63, 3.8) is 0 Å². The molecule has 3 aromatic heterocycles. The van der Waals surface area contributed by atoms with Gasteiger partial charge in [-0.05, 0) is 57.8 Å². The van der Waals surface area contributed by atoms with Crippen molar-refractivity contribution in [3.8, 4) is 0 Å². The van der Waals surface area contributed by atoms with E-state index < -0.39 is 24.2 Å². The Morgan fingerprint density at radius 2 is 2.03 bits per heavy atom. The second kappa shape index (κ2) is 8.25. The van der Waals surface area contributed by atoms with Crippen molar-refractivity contribution in [2.24, 2.45) is 7.05 Å². The van der Waals surface area contributed by atoms with Crippen LogP contribution < -0.4 is 10.6 Å². The first kappa shape index (κ1) is 22.9. The summed E-state index contributed by atoms with van der Waals surface area (Å²) in [6.07, 6.45) is -4.90. The summed E-state index contributed by atoms with van der Waals surface area (Å²) < 4.78 is 50.1. The van der Waals surface area contributed by atoms with Gasteiger partial charge in [0.15, 0.2) is 16.4 Å². The molecule has 3 aromatic rings. The molecule has 0 bridgehead atoms. The molecule has 32 heavy (non-hydrogen) atoms. The summed E-state index contributed by atoms with van der Waals surface area (Å²) in [4.78, 5) is 12.8. The number of aromatic nitrogens is 4. The number of hydrogen-bond donors (Lipinski definition) is 2. The topological polar surface area (TPSA) is 89.9 Å². The molecule has 0 fully saturated rings. The molecular weight excluding hydrogens is 561 g/mol. The van der Waals surface area contributed by atoms with Gasteiger partial charge in [-0.1, -0.05) is 0 Å². The van der Waals surface area contributed by atoms with E-state index in [1.54, 1.807) is 23.9 Å². The van der Waals surface area contributed by atoms with Gasteiger partial charge in [-0.25, -0.2) is 4.68 Å². The third-order valence-electron chi connectivity index (χ3n) is 5.53. The van der Waals surface area contributed by atoms with Crippen LogP contribution in [0.15, 0.2) is 25.7 Å². The van der Waals surface area contributed by atoms with Gasteiger partial charge in [0.1, 0.15) is 11.6 Å². The van der Waals surface area contributed by atoms with E-state index in [1.807, 2.05) is 13.8 Å². The second-order valence-electron chi connectivity index (χ2n) is 7.54. The summed E-state index contributed by atoms with van der Waals surface area (Å²) >= 11 is 6.43. The highest BCUT2D eigenvalue weighted by Crippen LogP contribution is 2.46. The van der Waals surface area contributed by atoms with E-state index >= 15 is 0 Å². The Morgan fingerprint density at radius 1 is 1.31 bits per heavy atom. The quantitative estimate of drug-likeness (QED) is 0.457. The molecule has 4 heterocycles. The van der Waals surface area contributed by atoms with E-state index in [1.165, 1.54) is 0 Å². The van der Waals surface area contributed by atoms with Gasteiger partial charge >= 0.3 is 6.18 Å². The molecule has 1 amide bonds. The molecule has 172 valence electrons. The number of anilines is 1. The number of alkyl halides is 3. The van der Waals surface area contributed by atoms with Gasteiger partial charge < -0.3 is 15.1 Å². The highest BCUT2D eigenvalue weighted by atomic mass is 79.9. The molecule has 0 saturated carbocycles. The minimum atomic E-state index is -4.57. The largest absolute Gasteiger partial charge is 0.452 e. The average molecular weight is 580 g/mol. The molecule has 0 radical (unpaired) electrons. The summed E-state index contributed by atoms with van der Waals surface area (Å²) in [6, 6.07) is 0.543. The fourth-order valence-electron chi connectivity index (χ4n) is 3.76. The van der Waals surface area contributed by atoms with E-state index in [9.17, 15) is 18.0 Å². The number of furan rings is 1. The fraction of sp³-hybridized carbons (Fsp3) is 0.421. The van der Waals surface area contributed by atoms with E-state index in [4.69, 9.17) is 4.42 Å². The highest BCUT2D eigenvalue weighted by molar-refractivity contribution is 9.10. The zero-order valence-corrected chi connectivity index (χ0v) is 20.4. The van der Waals surface area contributed by atoms with Crippen molar-refractivity contribution in [1.82, 2.24) is 24.9 Å². The first-order valence-electron chi connectivity index (χ1n) is 9.61. The van der Waals surface area contributed by atoms with Crippen LogP contribution in [-0.4, -0.2) is 31.6 Å². The van der Waals surface area contributed by atoms with Crippen molar-refractivity contribution >= 4 is 43.6 Å². The number of halogens is 5. The molecule has 1 aliphatic rings. The minimum Gasteiger partial charge on any atom is -0.452 e. The van der Waals surface area contributed by atoms with Crippen molar-refractivity contribution in [2.75, 3.05) is 5.32 Å². The molecule has 1 aliphatic heterocycles. The first-order valence-corrected chi connectivity index (χ1v) is 11.2. The molecule has 0 aromatic carbocycles. The van der Waals surface area contributed by atoms with E-state index in [0.29, 0.717) is 10.4 Å². The highest BCUT2D eigenvalue weighted by Gasteiger charge is 2.48. The lowest BCUT2D eigenvalue weighted by Gasteiger charge is -2.32. The Labute approximate surface area is 197 Å². The number of aryl methyl sites for hydroxylation is 2. The van der Waals surface area contributed by atoms with Gasteiger partial charge in [-0.15, -0.1) is 0 Å². The summed E-state index contributed by atoms with van der Waals surface area (Å²) in [5.74, 6) is -0.185. The molecule has 0 aliphatic carbocycles. The molecule has 0 saturated heterocycles. The summed E-state index contributed by atoms with van der Waals surface area (Å²) in [5, 5.41) is 14.0. The molecule has 4 rings (SSSR count). The molecule has 2 atom stereocenters. The Balaban J connectivity index is 1.64. The molecule has 0 unspecified atom stereocenters. The Bertz CT molecular complexity index is 1180. The molecule has 0 spiro atoms. The number of carbonyl (C=O) groups is 1. The lowest BCUT2D eigenvalue weighted by Crippen LogP contribution is -2.35. The van der Waals surface area contributed by atoms with Gasteiger partial charge in [0.05, 0.1) is 16.2 Å². The second-order valence-corrected chi connectivity index (χ2v) is 9.12. The average Bonchev–Trinajstić information content (AvgIpc) is 3.36. The van der Waals surface area contributed by atoms with Gasteiger partial charge in [-0.2, -0.15) is 23.4 Å². The lowest BCUT2D eigenvalue weighted by molar-refractivity contribution is -0.174. The SMILES string of the molecule is Cc1nn(C)c(C)c1CNC(=O)c1nn2c(c1Br)N[C@@H](c1ccc(Br)o1)C[C@@H]2C(F)(F)F. The maximum absolute atomic E-state index is 13.9. The monoisotopic (exact) mass is 578 g/mol. The Morgan fingerprint density at radius 3 is 2.59 bits per heavy atom. The number of rotatable bonds is 4. The number of nitrogens with zero attached hydrogens (tertiary/aromatic N) is 4. The molecule has 8 nitrogen and oxygen atoms in total. The Kier molecular flexibility index (Phi) is 5.90. The van der Waals surface area contributed by atoms with Gasteiger partial charge in [0, 0.05) is 31.3 Å². The predicted molar refractivity (Wildman–Crippen MR) is 116 cm³/mol. The smallest absolute Gasteiger partial charge is 0.410 e. The van der Waals surface area contributed by atoms with Crippen LogP contribution in [0.3, 0.4) is 0 Å². The third-order valence-corrected chi connectivity index (χ3v) is 6.71. The van der Waals surface area contributed by atoms with Crippen LogP contribution in [-0.2, 0) is 13.6 Å². The van der Waals surface area contributed by atoms with Crippen LogP contribution in [0, 0.1) is 13.8 Å². The molecule has 2 N–H and O–H groups in total. The van der Waals surface area contributed by atoms with Crippen molar-refractivity contribution < 1.29 is 22.4 Å². The number of carbonyl (C=O) groups excluding carboxylic acids is 1. The van der Waals surface area contributed by atoms with E-state index in [0.717, 1.165) is 21.6 Å². The van der Waals surface area contributed by atoms with Crippen LogP contribution >= 0.6 is 31.9 Å². The van der Waals surface area contributed by atoms with Crippen LogP contribution in [0.1, 0.15) is 51.7 Å². The maximum Gasteiger partial charge on any atom is 0.410 e. The number of hydrogen-bond acceptors (Lipinski definition) is 5. The van der Waals surface area contributed by atoms with Crippen molar-refractivity contribution in [2.45, 2.75) is 45.1 Å². The molecule has 13 heteroatoms. The Hall–Kier alpha value is -2.28. The number of amides is 1. The van der Waals surface area contributed by atoms with Crippen LogP contribution in [0.2, 0.25) is 0 Å². The van der Waals surface area contributed by atoms with Crippen LogP contribution in [0.25, 0.3) is 0 Å². The summed E-state index contributed by atoms with van der Waals surface area (Å²) in [6.45, 7) is 3.88. The van der Waals surface area contributed by atoms with E-state index in [2.05, 4.69) is 52.7 Å². The van der Waals surface area contributed by atoms with Crippen molar-refractivity contribution in [1.29, 1.82) is 0 Å². The number of fused-ring (bicyclic) bond motifs is 1. The van der Waals surface area contributed by atoms with Gasteiger partial charge in [-0.3, -0.25) is 9.48 Å². The van der Waals surface area contributed by atoms with Crippen LogP contribution in [0.4, 0.5) is 19.0 Å². The summed E-state index contributed by atoms with van der Waals surface area (Å²) in [5.41, 5.74) is 2.36. The minimum absolute atomic E-state index is 0.0648.